The van der Waals surface area contributed by atoms with Gasteiger partial charge in [0.05, 0.1) is 36.3 Å². The molecule has 3 aromatic rings. The van der Waals surface area contributed by atoms with E-state index in [1.165, 1.54) is 0 Å². The number of nitrogens with one attached hydrogen (secondary N) is 2. The van der Waals surface area contributed by atoms with E-state index in [1.54, 1.807) is 48.0 Å². The highest BCUT2D eigenvalue weighted by atomic mass is 32.2. The van der Waals surface area contributed by atoms with Gasteiger partial charge in [-0.05, 0) is 61.7 Å². The van der Waals surface area contributed by atoms with Crippen LogP contribution in [0.25, 0.3) is 0 Å². The maximum atomic E-state index is 14.5. The Morgan fingerprint density at radius 3 is 2.20 bits per heavy atom. The van der Waals surface area contributed by atoms with Crippen molar-refractivity contribution in [3.05, 3.63) is 90.5 Å². The Hall–Kier alpha value is -3.82. The van der Waals surface area contributed by atoms with Crippen molar-refractivity contribution < 1.29 is 24.2 Å². The first kappa shape index (κ1) is 27.4. The smallest absolute Gasteiger partial charge is 0.248 e. The molecule has 0 saturated carbocycles. The molecule has 6 rings (SSSR count). The van der Waals surface area contributed by atoms with E-state index in [1.807, 2.05) is 67.6 Å². The van der Waals surface area contributed by atoms with Crippen LogP contribution < -0.4 is 15.4 Å². The van der Waals surface area contributed by atoms with Crippen LogP contribution in [-0.2, 0) is 14.4 Å². The fourth-order valence-corrected chi connectivity index (χ4v) is 9.40. The Kier molecular flexibility index (Phi) is 7.03. The van der Waals surface area contributed by atoms with Gasteiger partial charge in [0.1, 0.15) is 11.8 Å². The predicted molar refractivity (Wildman–Crippen MR) is 159 cm³/mol. The summed E-state index contributed by atoms with van der Waals surface area (Å²) < 4.78 is 3.92. The third kappa shape index (κ3) is 4.48. The van der Waals surface area contributed by atoms with Crippen LogP contribution in [0.15, 0.2) is 84.9 Å². The number of thioether (sulfide) groups is 1. The molecular formula is C32H33N3O5S. The van der Waals surface area contributed by atoms with Gasteiger partial charge < -0.3 is 25.4 Å². The maximum absolute atomic E-state index is 14.5. The lowest BCUT2D eigenvalue weighted by molar-refractivity contribution is -0.141. The number of rotatable bonds is 8. The highest BCUT2D eigenvalue weighted by Gasteiger charge is 2.77. The molecule has 3 fully saturated rings. The number of hydrogen-bond acceptors (Lipinski definition) is 6. The molecule has 2 unspecified atom stereocenters. The average molecular weight is 572 g/mol. The van der Waals surface area contributed by atoms with E-state index in [4.69, 9.17) is 4.74 Å². The van der Waals surface area contributed by atoms with E-state index < -0.39 is 33.4 Å². The normalized spacial score (nSPS) is 28.7. The second kappa shape index (κ2) is 10.5. The van der Waals surface area contributed by atoms with Gasteiger partial charge >= 0.3 is 0 Å². The van der Waals surface area contributed by atoms with Crippen LogP contribution >= 0.6 is 11.8 Å². The molecule has 9 heteroatoms. The van der Waals surface area contributed by atoms with Crippen LogP contribution in [0.5, 0.6) is 5.75 Å². The minimum atomic E-state index is -0.888. The van der Waals surface area contributed by atoms with Crippen molar-refractivity contribution >= 4 is 40.9 Å². The van der Waals surface area contributed by atoms with E-state index in [9.17, 15) is 19.5 Å². The predicted octanol–water partition coefficient (Wildman–Crippen LogP) is 4.49. The van der Waals surface area contributed by atoms with Gasteiger partial charge in [-0.2, -0.15) is 0 Å². The van der Waals surface area contributed by atoms with Crippen LogP contribution in [0.1, 0.15) is 31.4 Å². The van der Waals surface area contributed by atoms with Crippen LogP contribution in [-0.4, -0.2) is 57.0 Å². The highest BCUT2D eigenvalue weighted by Crippen LogP contribution is 2.72. The standard InChI is InChI=1S/C32H33N3O5S/c1-31-17-18-32(41-31)26(25(31)28(37)33-21-11-7-4-8-12-21)30(39)35(24(19-36)20-9-5-3-6-10-20)27(32)29(38)34-22-13-15-23(40-2)16-14-22/h3-16,24-27,36H,17-19H2,1-2H3,(H,33,37)(H,34,38)/t24-,25-,26+,27?,31+,32?/m1/s1. The minimum absolute atomic E-state index is 0.220. The molecule has 0 aliphatic carbocycles. The van der Waals surface area contributed by atoms with Crippen molar-refractivity contribution in [2.24, 2.45) is 11.8 Å². The summed E-state index contributed by atoms with van der Waals surface area (Å²) in [6.07, 6.45) is 1.31. The molecule has 0 radical (unpaired) electrons. The number of fused-ring (bicyclic) bond motifs is 1. The summed E-state index contributed by atoms with van der Waals surface area (Å²) in [5.74, 6) is -1.51. The van der Waals surface area contributed by atoms with Gasteiger partial charge in [-0.3, -0.25) is 14.4 Å². The highest BCUT2D eigenvalue weighted by molar-refractivity contribution is 8.02. The number of para-hydroxylation sites is 1. The topological polar surface area (TPSA) is 108 Å². The summed E-state index contributed by atoms with van der Waals surface area (Å²) in [7, 11) is 1.58. The second-order valence-corrected chi connectivity index (χ2v) is 13.1. The Balaban J connectivity index is 1.41. The van der Waals surface area contributed by atoms with Gasteiger partial charge in [-0.25, -0.2) is 0 Å². The van der Waals surface area contributed by atoms with E-state index in [0.29, 0.717) is 30.0 Å². The summed E-state index contributed by atoms with van der Waals surface area (Å²) >= 11 is 1.60. The summed E-state index contributed by atoms with van der Waals surface area (Å²) in [5.41, 5.74) is 1.97. The largest absolute Gasteiger partial charge is 0.497 e. The first-order chi connectivity index (χ1) is 19.8. The number of carbonyl (C=O) groups is 3. The molecule has 6 atom stereocenters. The van der Waals surface area contributed by atoms with E-state index >= 15 is 0 Å². The SMILES string of the molecule is COc1ccc(NC(=O)C2N([C@H](CO)c3ccccc3)C(=O)[C@@H]3[C@H](C(=O)Nc4ccccc4)[C@]4(C)CCC23S4)cc1. The molecule has 3 saturated heterocycles. The molecule has 3 aliphatic rings. The van der Waals surface area contributed by atoms with Crippen molar-refractivity contribution in [3.63, 3.8) is 0 Å². The molecule has 212 valence electrons. The molecule has 3 heterocycles. The van der Waals surface area contributed by atoms with Gasteiger partial charge in [0, 0.05) is 16.1 Å². The number of aliphatic hydroxyl groups excluding tert-OH is 1. The van der Waals surface area contributed by atoms with Crippen LogP contribution in [0.3, 0.4) is 0 Å². The van der Waals surface area contributed by atoms with Gasteiger partial charge in [0.25, 0.3) is 0 Å². The Morgan fingerprint density at radius 1 is 0.951 bits per heavy atom. The van der Waals surface area contributed by atoms with Gasteiger partial charge in [-0.1, -0.05) is 48.5 Å². The fraction of sp³-hybridized carbons (Fsp3) is 0.344. The molecule has 3 aliphatic heterocycles. The van der Waals surface area contributed by atoms with Crippen molar-refractivity contribution in [3.8, 4) is 5.75 Å². The molecule has 2 bridgehead atoms. The number of anilines is 2. The number of carbonyl (C=O) groups excluding carboxylic acids is 3. The lowest BCUT2D eigenvalue weighted by atomic mass is 9.66. The Labute approximate surface area is 243 Å². The average Bonchev–Trinajstić information content (AvgIpc) is 3.56. The van der Waals surface area contributed by atoms with Crippen LogP contribution in [0.4, 0.5) is 11.4 Å². The third-order valence-electron chi connectivity index (χ3n) is 8.84. The summed E-state index contributed by atoms with van der Waals surface area (Å²) in [4.78, 5) is 44.2. The Morgan fingerprint density at radius 2 is 1.56 bits per heavy atom. The number of benzene rings is 3. The van der Waals surface area contributed by atoms with Gasteiger partial charge in [0.2, 0.25) is 17.7 Å². The third-order valence-corrected chi connectivity index (χ3v) is 10.8. The lowest BCUT2D eigenvalue weighted by Crippen LogP contribution is -2.52. The monoisotopic (exact) mass is 571 g/mol. The maximum Gasteiger partial charge on any atom is 0.248 e. The number of nitrogens with zero attached hydrogens (tertiary/aromatic N) is 1. The number of methoxy groups -OCH3 is 1. The number of hydrogen-bond donors (Lipinski definition) is 3. The number of ether oxygens (including phenoxy) is 1. The van der Waals surface area contributed by atoms with E-state index in [2.05, 4.69) is 10.6 Å². The van der Waals surface area contributed by atoms with E-state index in [-0.39, 0.29) is 24.3 Å². The van der Waals surface area contributed by atoms with Gasteiger partial charge in [0.15, 0.2) is 0 Å². The molecule has 3 N–H and O–H groups in total. The molecule has 0 aromatic heterocycles. The van der Waals surface area contributed by atoms with Crippen LogP contribution in [0, 0.1) is 11.8 Å². The first-order valence-electron chi connectivity index (χ1n) is 13.8. The van der Waals surface area contributed by atoms with Crippen LogP contribution in [0.2, 0.25) is 0 Å². The van der Waals surface area contributed by atoms with Crippen molar-refractivity contribution in [2.45, 2.75) is 41.3 Å². The molecule has 3 aromatic carbocycles. The molecular weight excluding hydrogens is 538 g/mol. The summed E-state index contributed by atoms with van der Waals surface area (Å²) in [5, 5.41) is 16.7. The quantitative estimate of drug-likeness (QED) is 0.368. The molecule has 1 spiro atoms. The molecule has 3 amide bonds. The number of aliphatic hydroxyl groups is 1. The first-order valence-corrected chi connectivity index (χ1v) is 14.6. The fourth-order valence-electron chi connectivity index (χ4n) is 7.06. The zero-order valence-corrected chi connectivity index (χ0v) is 23.8. The summed E-state index contributed by atoms with van der Waals surface area (Å²) in [6.45, 7) is 1.68. The molecule has 41 heavy (non-hydrogen) atoms. The van der Waals surface area contributed by atoms with Gasteiger partial charge in [-0.15, -0.1) is 11.8 Å². The van der Waals surface area contributed by atoms with Crippen molar-refractivity contribution in [2.75, 3.05) is 24.4 Å². The molecule has 8 nitrogen and oxygen atoms in total. The Bertz CT molecular complexity index is 1450. The zero-order chi connectivity index (χ0) is 28.8. The second-order valence-electron chi connectivity index (χ2n) is 11.2. The minimum Gasteiger partial charge on any atom is -0.497 e. The van der Waals surface area contributed by atoms with Crippen molar-refractivity contribution in [1.82, 2.24) is 4.90 Å². The van der Waals surface area contributed by atoms with Crippen molar-refractivity contribution in [1.29, 1.82) is 0 Å². The number of amides is 3. The zero-order valence-electron chi connectivity index (χ0n) is 22.9. The number of likely N-dealkylation sites (tertiary alicyclic amines) is 1. The lowest BCUT2D eigenvalue weighted by Gasteiger charge is -2.37. The summed E-state index contributed by atoms with van der Waals surface area (Å²) in [6, 6.07) is 23.9. The van der Waals surface area contributed by atoms with E-state index in [0.717, 1.165) is 5.56 Å².